The number of hydrogen-bond acceptors (Lipinski definition) is 3. The van der Waals surface area contributed by atoms with Crippen molar-refractivity contribution in [3.05, 3.63) is 36.0 Å². The normalized spacial score (nSPS) is 12.6. The molecule has 102 valence electrons. The molecule has 3 nitrogen and oxygen atoms in total. The van der Waals surface area contributed by atoms with E-state index in [1.165, 1.54) is 0 Å². The summed E-state index contributed by atoms with van der Waals surface area (Å²) >= 11 is 0. The van der Waals surface area contributed by atoms with Gasteiger partial charge in [0.1, 0.15) is 5.82 Å². The molecule has 2 rings (SSSR count). The molecule has 1 unspecified atom stereocenters. The van der Waals surface area contributed by atoms with E-state index in [0.717, 1.165) is 35.2 Å². The molecule has 0 aliphatic rings. The van der Waals surface area contributed by atoms with Gasteiger partial charge in [-0.25, -0.2) is 4.98 Å². The van der Waals surface area contributed by atoms with Crippen molar-refractivity contribution in [3.8, 4) is 0 Å². The quantitative estimate of drug-likeness (QED) is 0.893. The van der Waals surface area contributed by atoms with Crippen LogP contribution in [0.4, 0.5) is 5.82 Å². The molecule has 0 aliphatic carbocycles. The first kappa shape index (κ1) is 13.8. The van der Waals surface area contributed by atoms with Gasteiger partial charge in [-0.1, -0.05) is 31.2 Å². The van der Waals surface area contributed by atoms with Gasteiger partial charge in [0, 0.05) is 18.0 Å². The monoisotopic (exact) mass is 258 g/mol. The minimum absolute atomic E-state index is 0.0180. The first-order valence-electron chi connectivity index (χ1n) is 6.97. The van der Waals surface area contributed by atoms with Crippen molar-refractivity contribution in [3.63, 3.8) is 0 Å². The topological polar surface area (TPSA) is 36.4 Å². The third kappa shape index (κ3) is 2.71. The molecule has 0 saturated heterocycles. The molecule has 0 aliphatic heterocycles. The van der Waals surface area contributed by atoms with Gasteiger partial charge >= 0.3 is 0 Å². The zero-order chi connectivity index (χ0) is 13.8. The Bertz CT molecular complexity index is 553. The lowest BCUT2D eigenvalue weighted by Crippen LogP contribution is -2.33. The summed E-state index contributed by atoms with van der Waals surface area (Å²) in [7, 11) is 0. The van der Waals surface area contributed by atoms with Crippen LogP contribution in [-0.2, 0) is 6.61 Å². The Labute approximate surface area is 114 Å². The van der Waals surface area contributed by atoms with E-state index >= 15 is 0 Å². The third-order valence-corrected chi connectivity index (χ3v) is 3.67. The highest BCUT2D eigenvalue weighted by molar-refractivity contribution is 5.92. The molecule has 1 N–H and O–H groups in total. The van der Waals surface area contributed by atoms with Crippen molar-refractivity contribution in [2.24, 2.45) is 0 Å². The Morgan fingerprint density at radius 3 is 2.63 bits per heavy atom. The van der Waals surface area contributed by atoms with Crippen LogP contribution in [0, 0.1) is 0 Å². The van der Waals surface area contributed by atoms with Gasteiger partial charge in [-0.3, -0.25) is 0 Å². The molecule has 0 fully saturated rings. The summed E-state index contributed by atoms with van der Waals surface area (Å²) in [6.07, 6.45) is 1.08. The van der Waals surface area contributed by atoms with Crippen molar-refractivity contribution in [1.82, 2.24) is 4.98 Å². The second-order valence-corrected chi connectivity index (χ2v) is 4.86. The zero-order valence-corrected chi connectivity index (χ0v) is 11.9. The Balaban J connectivity index is 2.62. The smallest absolute Gasteiger partial charge is 0.137 e. The van der Waals surface area contributed by atoms with Crippen molar-refractivity contribution in [2.45, 2.75) is 39.8 Å². The van der Waals surface area contributed by atoms with Gasteiger partial charge < -0.3 is 10.0 Å². The maximum absolute atomic E-state index is 9.39. The van der Waals surface area contributed by atoms with E-state index in [-0.39, 0.29) is 6.61 Å². The predicted molar refractivity (Wildman–Crippen MR) is 80.4 cm³/mol. The highest BCUT2D eigenvalue weighted by atomic mass is 16.3. The first-order chi connectivity index (χ1) is 9.21. The fourth-order valence-electron chi connectivity index (χ4n) is 2.43. The van der Waals surface area contributed by atoms with Crippen LogP contribution in [-0.4, -0.2) is 22.7 Å². The number of benzene rings is 1. The molecule has 1 atom stereocenters. The summed E-state index contributed by atoms with van der Waals surface area (Å²) in [6, 6.07) is 10.6. The van der Waals surface area contributed by atoms with E-state index in [1.54, 1.807) is 0 Å². The van der Waals surface area contributed by atoms with Crippen LogP contribution in [0.5, 0.6) is 0 Å². The highest BCUT2D eigenvalue weighted by Crippen LogP contribution is 2.27. The Morgan fingerprint density at radius 2 is 2.00 bits per heavy atom. The summed E-state index contributed by atoms with van der Waals surface area (Å²) in [4.78, 5) is 6.94. The van der Waals surface area contributed by atoms with Gasteiger partial charge in [0.05, 0.1) is 12.3 Å². The fraction of sp³-hybridized carbons (Fsp3) is 0.438. The summed E-state index contributed by atoms with van der Waals surface area (Å²) in [5.41, 5.74) is 0.732. The summed E-state index contributed by atoms with van der Waals surface area (Å²) in [5, 5.41) is 11.7. The molecule has 0 radical (unpaired) electrons. The van der Waals surface area contributed by atoms with Crippen LogP contribution in [0.2, 0.25) is 0 Å². The van der Waals surface area contributed by atoms with E-state index in [0.29, 0.717) is 6.04 Å². The average molecular weight is 258 g/mol. The second-order valence-electron chi connectivity index (χ2n) is 4.86. The SMILES string of the molecule is CCC(C)N(CC)c1nc(CO)cc2ccccc12. The molecule has 0 amide bonds. The fourth-order valence-corrected chi connectivity index (χ4v) is 2.43. The minimum atomic E-state index is -0.0180. The number of rotatable bonds is 5. The summed E-state index contributed by atoms with van der Waals surface area (Å²) in [6.45, 7) is 7.45. The predicted octanol–water partition coefficient (Wildman–Crippen LogP) is 3.35. The van der Waals surface area contributed by atoms with Crippen molar-refractivity contribution < 1.29 is 5.11 Å². The molecule has 2 aromatic rings. The van der Waals surface area contributed by atoms with Crippen molar-refractivity contribution in [2.75, 3.05) is 11.4 Å². The van der Waals surface area contributed by atoms with Crippen molar-refractivity contribution in [1.29, 1.82) is 0 Å². The lowest BCUT2D eigenvalue weighted by Gasteiger charge is -2.29. The minimum Gasteiger partial charge on any atom is -0.390 e. The molecule has 1 heterocycles. The zero-order valence-electron chi connectivity index (χ0n) is 11.9. The van der Waals surface area contributed by atoms with Crippen LogP contribution in [0.25, 0.3) is 10.8 Å². The number of nitrogens with zero attached hydrogens (tertiary/aromatic N) is 2. The van der Waals surface area contributed by atoms with Gasteiger partial charge in [0.25, 0.3) is 0 Å². The number of aliphatic hydroxyl groups excluding tert-OH is 1. The maximum atomic E-state index is 9.39. The molecule has 3 heteroatoms. The summed E-state index contributed by atoms with van der Waals surface area (Å²) in [5.74, 6) is 0.985. The Morgan fingerprint density at radius 1 is 1.26 bits per heavy atom. The number of pyridine rings is 1. The van der Waals surface area contributed by atoms with Gasteiger partial charge in [0.2, 0.25) is 0 Å². The first-order valence-corrected chi connectivity index (χ1v) is 6.97. The lowest BCUT2D eigenvalue weighted by molar-refractivity contribution is 0.277. The van der Waals surface area contributed by atoms with Crippen LogP contribution < -0.4 is 4.90 Å². The Hall–Kier alpha value is -1.61. The number of aliphatic hydroxyl groups is 1. The second kappa shape index (κ2) is 6.02. The number of fused-ring (bicyclic) bond motifs is 1. The molecule has 0 saturated carbocycles. The molecule has 0 bridgehead atoms. The van der Waals surface area contributed by atoms with Crippen LogP contribution >= 0.6 is 0 Å². The van der Waals surface area contributed by atoms with E-state index in [4.69, 9.17) is 0 Å². The Kier molecular flexibility index (Phi) is 4.38. The molecular weight excluding hydrogens is 236 g/mol. The van der Waals surface area contributed by atoms with Crippen LogP contribution in [0.15, 0.2) is 30.3 Å². The molecular formula is C16H22N2O. The van der Waals surface area contributed by atoms with E-state index in [1.807, 2.05) is 18.2 Å². The van der Waals surface area contributed by atoms with Gasteiger partial charge in [-0.05, 0) is 31.7 Å². The summed E-state index contributed by atoms with van der Waals surface area (Å²) < 4.78 is 0. The van der Waals surface area contributed by atoms with Crippen LogP contribution in [0.1, 0.15) is 32.9 Å². The van der Waals surface area contributed by atoms with Crippen molar-refractivity contribution >= 4 is 16.6 Å². The van der Waals surface area contributed by atoms with Gasteiger partial charge in [-0.15, -0.1) is 0 Å². The largest absolute Gasteiger partial charge is 0.390 e. The van der Waals surface area contributed by atoms with Crippen LogP contribution in [0.3, 0.4) is 0 Å². The van der Waals surface area contributed by atoms with E-state index in [9.17, 15) is 5.11 Å². The lowest BCUT2D eigenvalue weighted by atomic mass is 10.1. The standard InChI is InChI=1S/C16H22N2O/c1-4-12(3)18(5-2)16-15-9-7-6-8-13(15)10-14(11-19)17-16/h6-10,12,19H,4-5,11H2,1-3H3. The number of hydrogen-bond donors (Lipinski definition) is 1. The highest BCUT2D eigenvalue weighted by Gasteiger charge is 2.16. The number of anilines is 1. The molecule has 1 aromatic heterocycles. The van der Waals surface area contributed by atoms with E-state index in [2.05, 4.69) is 42.8 Å². The molecule has 19 heavy (non-hydrogen) atoms. The van der Waals surface area contributed by atoms with Gasteiger partial charge in [0.15, 0.2) is 0 Å². The van der Waals surface area contributed by atoms with Gasteiger partial charge in [-0.2, -0.15) is 0 Å². The average Bonchev–Trinajstić information content (AvgIpc) is 2.47. The number of aromatic nitrogens is 1. The maximum Gasteiger partial charge on any atom is 0.137 e. The molecule has 1 aromatic carbocycles. The third-order valence-electron chi connectivity index (χ3n) is 3.67. The van der Waals surface area contributed by atoms with E-state index < -0.39 is 0 Å². The molecule has 0 spiro atoms.